The summed E-state index contributed by atoms with van der Waals surface area (Å²) >= 11 is 16.7. The Labute approximate surface area is 128 Å². The predicted octanol–water partition coefficient (Wildman–Crippen LogP) is 3.94. The summed E-state index contributed by atoms with van der Waals surface area (Å²) in [5, 5.41) is 10.9. The Morgan fingerprint density at radius 1 is 1.20 bits per heavy atom. The molecule has 0 aliphatic rings. The third-order valence-electron chi connectivity index (χ3n) is 2.54. The number of ketones is 1. The Morgan fingerprint density at radius 3 is 2.30 bits per heavy atom. The number of alkyl halides is 3. The molecular weight excluding hydrogens is 327 g/mol. The van der Waals surface area contributed by atoms with Crippen LogP contribution in [0.15, 0.2) is 42.6 Å². The van der Waals surface area contributed by atoms with Gasteiger partial charge in [-0.05, 0) is 12.1 Å². The van der Waals surface area contributed by atoms with Gasteiger partial charge in [-0.15, -0.1) is 0 Å². The lowest BCUT2D eigenvalue weighted by atomic mass is 10.2. The molecule has 0 unspecified atom stereocenters. The molecule has 0 saturated carbocycles. The molecule has 0 aliphatic heterocycles. The fourth-order valence-electron chi connectivity index (χ4n) is 1.67. The van der Waals surface area contributed by atoms with Crippen molar-refractivity contribution >= 4 is 46.3 Å². The van der Waals surface area contributed by atoms with Crippen LogP contribution in [0.1, 0.15) is 10.5 Å². The smallest absolute Gasteiger partial charge is 0.288 e. The molecule has 0 bridgehead atoms. The van der Waals surface area contributed by atoms with Crippen molar-refractivity contribution < 1.29 is 9.72 Å². The summed E-state index contributed by atoms with van der Waals surface area (Å²) in [6.07, 6.45) is 1.21. The average molecular weight is 334 g/mol. The van der Waals surface area contributed by atoms with E-state index in [0.717, 1.165) is 6.07 Å². The molecule has 1 aromatic heterocycles. The van der Waals surface area contributed by atoms with Gasteiger partial charge in [0.25, 0.3) is 9.48 Å². The molecule has 104 valence electrons. The first-order valence-corrected chi connectivity index (χ1v) is 6.48. The Hall–Kier alpha value is -1.56. The molecule has 20 heavy (non-hydrogen) atoms. The van der Waals surface area contributed by atoms with Crippen LogP contribution in [0, 0.1) is 10.1 Å². The Kier molecular flexibility index (Phi) is 4.04. The number of rotatable bonds is 3. The maximum absolute atomic E-state index is 12.1. The fraction of sp³-hybridized carbons (Fsp3) is 0.0833. The van der Waals surface area contributed by atoms with Gasteiger partial charge in [0.1, 0.15) is 5.69 Å². The van der Waals surface area contributed by atoms with Gasteiger partial charge < -0.3 is 4.57 Å². The second-order valence-corrected chi connectivity index (χ2v) is 6.15. The topological polar surface area (TPSA) is 65.1 Å². The molecule has 1 aromatic carbocycles. The molecule has 0 N–H and O–H groups in total. The van der Waals surface area contributed by atoms with Crippen LogP contribution < -0.4 is 0 Å². The number of benzene rings is 1. The van der Waals surface area contributed by atoms with Crippen molar-refractivity contribution in [3.8, 4) is 5.69 Å². The predicted molar refractivity (Wildman–Crippen MR) is 77.0 cm³/mol. The van der Waals surface area contributed by atoms with Crippen LogP contribution in [0.25, 0.3) is 5.69 Å². The maximum Gasteiger partial charge on any atom is 0.288 e. The highest BCUT2D eigenvalue weighted by atomic mass is 35.6. The molecule has 0 fully saturated rings. The number of hydrogen-bond donors (Lipinski definition) is 0. The van der Waals surface area contributed by atoms with Crippen LogP contribution in [0.4, 0.5) is 5.69 Å². The van der Waals surface area contributed by atoms with Gasteiger partial charge in [-0.1, -0.05) is 53.0 Å². The molecule has 0 spiro atoms. The molecule has 5 nitrogen and oxygen atoms in total. The summed E-state index contributed by atoms with van der Waals surface area (Å²) in [7, 11) is 0. The van der Waals surface area contributed by atoms with Crippen molar-refractivity contribution in [2.45, 2.75) is 3.79 Å². The quantitative estimate of drug-likeness (QED) is 0.370. The third-order valence-corrected chi connectivity index (χ3v) is 3.06. The summed E-state index contributed by atoms with van der Waals surface area (Å²) < 4.78 is -0.860. The second-order valence-electron chi connectivity index (χ2n) is 3.87. The first-order chi connectivity index (χ1) is 9.30. The number of halogens is 3. The molecule has 0 saturated heterocycles. The largest absolute Gasteiger partial charge is 0.307 e. The van der Waals surface area contributed by atoms with Gasteiger partial charge >= 0.3 is 0 Å². The van der Waals surface area contributed by atoms with Gasteiger partial charge in [-0.3, -0.25) is 14.9 Å². The lowest BCUT2D eigenvalue weighted by molar-refractivity contribution is -0.384. The van der Waals surface area contributed by atoms with E-state index in [9.17, 15) is 14.9 Å². The molecule has 0 radical (unpaired) electrons. The van der Waals surface area contributed by atoms with Crippen LogP contribution >= 0.6 is 34.8 Å². The van der Waals surface area contributed by atoms with Gasteiger partial charge in [-0.25, -0.2) is 0 Å². The molecule has 0 atom stereocenters. The zero-order valence-corrected chi connectivity index (χ0v) is 12.1. The first-order valence-electron chi connectivity index (χ1n) is 5.34. The second kappa shape index (κ2) is 5.44. The van der Waals surface area contributed by atoms with E-state index in [-0.39, 0.29) is 11.4 Å². The summed E-state index contributed by atoms with van der Waals surface area (Å²) in [5.41, 5.74) is 0.229. The number of nitro groups is 1. The van der Waals surface area contributed by atoms with Gasteiger partial charge in [0.15, 0.2) is 0 Å². The van der Waals surface area contributed by atoms with E-state index >= 15 is 0 Å². The van der Waals surface area contributed by atoms with Crippen LogP contribution in [0.2, 0.25) is 0 Å². The van der Waals surface area contributed by atoms with Gasteiger partial charge in [0, 0.05) is 11.8 Å². The normalized spacial score (nSPS) is 11.3. The lowest BCUT2D eigenvalue weighted by Crippen LogP contribution is -2.21. The fourth-order valence-corrected chi connectivity index (χ4v) is 1.96. The van der Waals surface area contributed by atoms with E-state index in [1.54, 1.807) is 30.3 Å². The van der Waals surface area contributed by atoms with E-state index in [2.05, 4.69) is 0 Å². The molecule has 2 aromatic rings. The number of carbonyl (C=O) groups is 1. The Morgan fingerprint density at radius 2 is 1.80 bits per heavy atom. The number of para-hydroxylation sites is 1. The zero-order valence-electron chi connectivity index (χ0n) is 9.79. The van der Waals surface area contributed by atoms with Crippen LogP contribution in [0.5, 0.6) is 0 Å². The summed E-state index contributed by atoms with van der Waals surface area (Å²) in [5.74, 6) is -0.834. The Bertz CT molecular complexity index is 662. The monoisotopic (exact) mass is 332 g/mol. The van der Waals surface area contributed by atoms with Crippen LogP contribution in [-0.4, -0.2) is 19.1 Å². The minimum atomic E-state index is -2.18. The molecule has 8 heteroatoms. The number of aromatic nitrogens is 1. The van der Waals surface area contributed by atoms with E-state index in [4.69, 9.17) is 34.8 Å². The van der Waals surface area contributed by atoms with Crippen molar-refractivity contribution in [2.24, 2.45) is 0 Å². The van der Waals surface area contributed by atoms with Crippen molar-refractivity contribution in [1.82, 2.24) is 4.57 Å². The van der Waals surface area contributed by atoms with Crippen LogP contribution in [-0.2, 0) is 0 Å². The number of hydrogen-bond acceptors (Lipinski definition) is 3. The minimum Gasteiger partial charge on any atom is -0.307 e. The van der Waals surface area contributed by atoms with Crippen molar-refractivity contribution in [1.29, 1.82) is 0 Å². The van der Waals surface area contributed by atoms with Crippen molar-refractivity contribution in [2.75, 3.05) is 0 Å². The number of nitrogens with zero attached hydrogens (tertiary/aromatic N) is 2. The lowest BCUT2D eigenvalue weighted by Gasteiger charge is -2.12. The molecule has 0 aliphatic carbocycles. The number of carbonyl (C=O) groups excluding carboxylic acids is 1. The SMILES string of the molecule is O=C(c1cc([N+](=O)[O-])cn1-c1ccccc1)C(Cl)(Cl)Cl. The highest BCUT2D eigenvalue weighted by Crippen LogP contribution is 2.33. The Balaban J connectivity index is 2.61. The van der Waals surface area contributed by atoms with E-state index in [1.165, 1.54) is 10.8 Å². The van der Waals surface area contributed by atoms with Gasteiger partial charge in [-0.2, -0.15) is 0 Å². The molecule has 0 amide bonds. The molecule has 2 rings (SSSR count). The van der Waals surface area contributed by atoms with Crippen molar-refractivity contribution in [3.63, 3.8) is 0 Å². The van der Waals surface area contributed by atoms with Crippen LogP contribution in [0.3, 0.4) is 0 Å². The van der Waals surface area contributed by atoms with Gasteiger partial charge in [0.05, 0.1) is 11.1 Å². The average Bonchev–Trinajstić information content (AvgIpc) is 2.82. The summed E-state index contributed by atoms with van der Waals surface area (Å²) in [6.45, 7) is 0. The van der Waals surface area contributed by atoms with E-state index in [1.807, 2.05) is 0 Å². The highest BCUT2D eigenvalue weighted by Gasteiger charge is 2.35. The van der Waals surface area contributed by atoms with E-state index < -0.39 is 14.5 Å². The third kappa shape index (κ3) is 2.95. The van der Waals surface area contributed by atoms with Crippen molar-refractivity contribution in [3.05, 3.63) is 58.4 Å². The zero-order chi connectivity index (χ0) is 14.9. The van der Waals surface area contributed by atoms with E-state index in [0.29, 0.717) is 5.69 Å². The summed E-state index contributed by atoms with van der Waals surface area (Å²) in [6, 6.07) is 9.67. The van der Waals surface area contributed by atoms with Gasteiger partial charge in [0.2, 0.25) is 5.78 Å². The first kappa shape index (κ1) is 14.8. The highest BCUT2D eigenvalue weighted by molar-refractivity contribution is 6.77. The number of Topliss-reactive ketones (excluding diaryl/α,β-unsaturated/α-hetero) is 1. The molecular formula is C12H7Cl3N2O3. The summed E-state index contributed by atoms with van der Waals surface area (Å²) in [4.78, 5) is 22.3. The minimum absolute atomic E-state index is 0.0668. The standard InChI is InChI=1S/C12H7Cl3N2O3/c13-12(14,15)11(18)10-6-9(17(19)20)7-16(10)8-4-2-1-3-5-8/h1-7H. The molecule has 1 heterocycles. The maximum atomic E-state index is 12.1.